The van der Waals surface area contributed by atoms with E-state index < -0.39 is 6.10 Å². The molecule has 1 atom stereocenters. The van der Waals surface area contributed by atoms with Gasteiger partial charge in [0.1, 0.15) is 11.8 Å². The van der Waals surface area contributed by atoms with Crippen LogP contribution in [0.15, 0.2) is 30.6 Å². The van der Waals surface area contributed by atoms with Crippen molar-refractivity contribution in [1.29, 1.82) is 0 Å². The Labute approximate surface area is 113 Å². The van der Waals surface area contributed by atoms with Crippen molar-refractivity contribution in [3.63, 3.8) is 0 Å². The van der Waals surface area contributed by atoms with Crippen molar-refractivity contribution < 1.29 is 9.84 Å². The van der Waals surface area contributed by atoms with Crippen LogP contribution >= 0.6 is 0 Å². The second kappa shape index (κ2) is 5.80. The van der Waals surface area contributed by atoms with Crippen LogP contribution in [0, 0.1) is 13.8 Å². The third-order valence-electron chi connectivity index (χ3n) is 3.12. The molecule has 4 nitrogen and oxygen atoms in total. The Morgan fingerprint density at radius 2 is 1.95 bits per heavy atom. The van der Waals surface area contributed by atoms with Crippen molar-refractivity contribution in [1.82, 2.24) is 9.97 Å². The van der Waals surface area contributed by atoms with Gasteiger partial charge in [0, 0.05) is 18.8 Å². The van der Waals surface area contributed by atoms with E-state index in [4.69, 9.17) is 4.74 Å². The van der Waals surface area contributed by atoms with E-state index in [2.05, 4.69) is 28.2 Å². The predicted molar refractivity (Wildman–Crippen MR) is 73.2 cm³/mol. The van der Waals surface area contributed by atoms with Crippen molar-refractivity contribution >= 4 is 0 Å². The number of ether oxygens (including phenoxy) is 1. The monoisotopic (exact) mass is 258 g/mol. The minimum absolute atomic E-state index is 0.375. The van der Waals surface area contributed by atoms with Gasteiger partial charge in [-0.15, -0.1) is 0 Å². The molecule has 0 saturated heterocycles. The zero-order valence-electron chi connectivity index (χ0n) is 11.4. The van der Waals surface area contributed by atoms with Crippen LogP contribution in [0.1, 0.15) is 28.5 Å². The number of hydrogen-bond donors (Lipinski definition) is 1. The van der Waals surface area contributed by atoms with Crippen LogP contribution in [-0.2, 0) is 6.42 Å². The van der Waals surface area contributed by atoms with Gasteiger partial charge >= 0.3 is 0 Å². The summed E-state index contributed by atoms with van der Waals surface area (Å²) in [5.41, 5.74) is 3.93. The molecule has 100 valence electrons. The van der Waals surface area contributed by atoms with Crippen molar-refractivity contribution in [2.45, 2.75) is 26.4 Å². The lowest BCUT2D eigenvalue weighted by Gasteiger charge is -2.14. The fraction of sp³-hybridized carbons (Fsp3) is 0.333. The summed E-state index contributed by atoms with van der Waals surface area (Å²) in [7, 11) is 1.53. The van der Waals surface area contributed by atoms with Crippen molar-refractivity contribution in [2.75, 3.05) is 7.11 Å². The fourth-order valence-corrected chi connectivity index (χ4v) is 2.05. The van der Waals surface area contributed by atoms with Crippen LogP contribution in [0.5, 0.6) is 5.88 Å². The van der Waals surface area contributed by atoms with E-state index in [1.54, 1.807) is 12.4 Å². The molecule has 0 aliphatic carbocycles. The maximum absolute atomic E-state index is 10.3. The summed E-state index contributed by atoms with van der Waals surface area (Å²) >= 11 is 0. The Hall–Kier alpha value is -1.94. The summed E-state index contributed by atoms with van der Waals surface area (Å²) in [5.74, 6) is 0.375. The van der Waals surface area contributed by atoms with Gasteiger partial charge in [-0.1, -0.05) is 23.8 Å². The predicted octanol–water partition coefficient (Wildman–Crippen LogP) is 2.38. The zero-order chi connectivity index (χ0) is 13.8. The van der Waals surface area contributed by atoms with Gasteiger partial charge in [0.2, 0.25) is 5.88 Å². The number of benzene rings is 1. The summed E-state index contributed by atoms with van der Waals surface area (Å²) in [5, 5.41) is 10.3. The largest absolute Gasteiger partial charge is 0.480 e. The van der Waals surface area contributed by atoms with Gasteiger partial charge in [0.05, 0.1) is 7.11 Å². The van der Waals surface area contributed by atoms with Gasteiger partial charge < -0.3 is 9.84 Å². The molecule has 1 aromatic carbocycles. The molecule has 0 spiro atoms. The molecular formula is C15H18N2O2. The van der Waals surface area contributed by atoms with Crippen LogP contribution in [-0.4, -0.2) is 22.2 Å². The first-order valence-electron chi connectivity index (χ1n) is 6.21. The average Bonchev–Trinajstić information content (AvgIpc) is 2.42. The Kier molecular flexibility index (Phi) is 4.12. The molecule has 0 amide bonds. The molecule has 1 aromatic heterocycles. The van der Waals surface area contributed by atoms with Gasteiger partial charge in [-0.3, -0.25) is 4.98 Å². The van der Waals surface area contributed by atoms with Crippen molar-refractivity contribution in [3.05, 3.63) is 53.0 Å². The van der Waals surface area contributed by atoms with Gasteiger partial charge in [-0.25, -0.2) is 4.98 Å². The summed E-state index contributed by atoms with van der Waals surface area (Å²) in [6.45, 7) is 4.08. The van der Waals surface area contributed by atoms with E-state index >= 15 is 0 Å². The Morgan fingerprint density at radius 1 is 1.21 bits per heavy atom. The summed E-state index contributed by atoms with van der Waals surface area (Å²) in [6, 6.07) is 6.21. The van der Waals surface area contributed by atoms with Gasteiger partial charge in [0.15, 0.2) is 0 Å². The molecule has 1 heterocycles. The first-order valence-corrected chi connectivity index (χ1v) is 6.21. The maximum Gasteiger partial charge on any atom is 0.238 e. The van der Waals surface area contributed by atoms with E-state index in [1.165, 1.54) is 12.7 Å². The normalized spacial score (nSPS) is 12.2. The lowest BCUT2D eigenvalue weighted by molar-refractivity contribution is 0.167. The number of methoxy groups -OCH3 is 1. The molecule has 0 saturated carbocycles. The van der Waals surface area contributed by atoms with Crippen LogP contribution in [0.4, 0.5) is 0 Å². The molecule has 2 rings (SSSR count). The van der Waals surface area contributed by atoms with Crippen LogP contribution < -0.4 is 4.74 Å². The SMILES string of the molecule is COc1nccnc1C(O)Cc1cc(C)ccc1C. The third-order valence-corrected chi connectivity index (χ3v) is 3.12. The fourth-order valence-electron chi connectivity index (χ4n) is 2.05. The second-order valence-electron chi connectivity index (χ2n) is 4.60. The Balaban J connectivity index is 2.25. The van der Waals surface area contributed by atoms with E-state index in [-0.39, 0.29) is 0 Å². The molecular weight excluding hydrogens is 240 g/mol. The van der Waals surface area contributed by atoms with Gasteiger partial charge in [-0.2, -0.15) is 0 Å². The highest BCUT2D eigenvalue weighted by Crippen LogP contribution is 2.24. The topological polar surface area (TPSA) is 55.2 Å². The number of aryl methyl sites for hydroxylation is 2. The van der Waals surface area contributed by atoms with Gasteiger partial charge in [-0.05, 0) is 25.0 Å². The van der Waals surface area contributed by atoms with Crippen molar-refractivity contribution in [2.24, 2.45) is 0 Å². The summed E-state index contributed by atoms with van der Waals surface area (Å²) in [6.07, 6.45) is 2.89. The quantitative estimate of drug-likeness (QED) is 0.914. The van der Waals surface area contributed by atoms with E-state index in [1.807, 2.05) is 13.8 Å². The molecule has 0 aliphatic rings. The average molecular weight is 258 g/mol. The first kappa shape index (κ1) is 13.5. The molecule has 19 heavy (non-hydrogen) atoms. The highest BCUT2D eigenvalue weighted by Gasteiger charge is 2.17. The molecule has 0 aliphatic heterocycles. The lowest BCUT2D eigenvalue weighted by Crippen LogP contribution is -2.08. The van der Waals surface area contributed by atoms with E-state index in [0.29, 0.717) is 18.0 Å². The van der Waals surface area contributed by atoms with Crippen molar-refractivity contribution in [3.8, 4) is 5.88 Å². The number of hydrogen-bond acceptors (Lipinski definition) is 4. The van der Waals surface area contributed by atoms with Gasteiger partial charge in [0.25, 0.3) is 0 Å². The zero-order valence-corrected chi connectivity index (χ0v) is 11.4. The number of aromatic nitrogens is 2. The molecule has 0 radical (unpaired) electrons. The number of rotatable bonds is 4. The standard InChI is InChI=1S/C15H18N2O2/c1-10-4-5-11(2)12(8-10)9-13(18)14-15(19-3)17-7-6-16-14/h4-8,13,18H,9H2,1-3H3. The molecule has 1 N–H and O–H groups in total. The number of aliphatic hydroxyl groups excluding tert-OH is 1. The Morgan fingerprint density at radius 3 is 2.68 bits per heavy atom. The van der Waals surface area contributed by atoms with Crippen LogP contribution in [0.2, 0.25) is 0 Å². The van der Waals surface area contributed by atoms with E-state index in [9.17, 15) is 5.11 Å². The summed E-state index contributed by atoms with van der Waals surface area (Å²) < 4.78 is 5.12. The van der Waals surface area contributed by atoms with Crippen LogP contribution in [0.25, 0.3) is 0 Å². The second-order valence-corrected chi connectivity index (χ2v) is 4.60. The van der Waals surface area contributed by atoms with E-state index in [0.717, 1.165) is 11.1 Å². The Bertz CT molecular complexity index is 570. The first-order chi connectivity index (χ1) is 9.11. The molecule has 0 fully saturated rings. The van der Waals surface area contributed by atoms with Crippen LogP contribution in [0.3, 0.4) is 0 Å². The molecule has 4 heteroatoms. The summed E-state index contributed by atoms with van der Waals surface area (Å²) in [4.78, 5) is 8.22. The number of nitrogens with zero attached hydrogens (tertiary/aromatic N) is 2. The number of aliphatic hydroxyl groups is 1. The minimum Gasteiger partial charge on any atom is -0.480 e. The highest BCUT2D eigenvalue weighted by atomic mass is 16.5. The maximum atomic E-state index is 10.3. The molecule has 1 unspecified atom stereocenters. The minimum atomic E-state index is -0.718. The smallest absolute Gasteiger partial charge is 0.238 e. The third kappa shape index (κ3) is 3.09. The molecule has 0 bridgehead atoms. The molecule has 2 aromatic rings. The lowest BCUT2D eigenvalue weighted by atomic mass is 9.99. The highest BCUT2D eigenvalue weighted by molar-refractivity contribution is 5.32.